The van der Waals surface area contributed by atoms with Crippen LogP contribution in [0.1, 0.15) is 46.5 Å². The monoisotopic (exact) mass is 328 g/mol. The number of nitrogens with zero attached hydrogens (tertiary/aromatic N) is 2. The lowest BCUT2D eigenvalue weighted by molar-refractivity contribution is 0.197. The Labute approximate surface area is 137 Å². The molecule has 1 heterocycles. The molecule has 22 heavy (non-hydrogen) atoms. The van der Waals surface area contributed by atoms with Crippen molar-refractivity contribution in [2.45, 2.75) is 63.3 Å². The van der Waals surface area contributed by atoms with Gasteiger partial charge in [0, 0.05) is 60.1 Å². The van der Waals surface area contributed by atoms with Crippen molar-refractivity contribution < 1.29 is 4.21 Å². The summed E-state index contributed by atoms with van der Waals surface area (Å²) in [5.74, 6) is 1.50. The summed E-state index contributed by atoms with van der Waals surface area (Å²) in [6.45, 7) is 9.16. The Bertz CT molecular complexity index is 407. The van der Waals surface area contributed by atoms with Crippen molar-refractivity contribution in [1.29, 1.82) is 0 Å². The van der Waals surface area contributed by atoms with Gasteiger partial charge in [-0.15, -0.1) is 0 Å². The lowest BCUT2D eigenvalue weighted by Gasteiger charge is -2.33. The molecule has 1 saturated carbocycles. The predicted molar refractivity (Wildman–Crippen MR) is 94.9 cm³/mol. The molecule has 2 fully saturated rings. The number of likely N-dealkylation sites (tertiary alicyclic amines) is 1. The molecule has 0 radical (unpaired) electrons. The Morgan fingerprint density at radius 1 is 1.23 bits per heavy atom. The van der Waals surface area contributed by atoms with Crippen LogP contribution >= 0.6 is 0 Å². The third-order valence-corrected chi connectivity index (χ3v) is 6.36. The smallest absolute Gasteiger partial charge is 0.191 e. The maximum absolute atomic E-state index is 12.0. The normalized spacial score (nSPS) is 23.4. The predicted octanol–water partition coefficient (Wildman–Crippen LogP) is 1.33. The molecular weight excluding hydrogens is 296 g/mol. The highest BCUT2D eigenvalue weighted by Gasteiger charge is 2.31. The van der Waals surface area contributed by atoms with Crippen LogP contribution in [0.5, 0.6) is 0 Å². The number of guanidine groups is 1. The average Bonchev–Trinajstić information content (AvgIpc) is 3.30. The summed E-state index contributed by atoms with van der Waals surface area (Å²) >= 11 is 0. The van der Waals surface area contributed by atoms with Crippen LogP contribution in [0.15, 0.2) is 4.99 Å². The Hall–Kier alpha value is -0.620. The minimum atomic E-state index is -0.817. The Morgan fingerprint density at radius 2 is 1.86 bits per heavy atom. The van der Waals surface area contributed by atoms with Crippen LogP contribution in [0.4, 0.5) is 0 Å². The zero-order valence-electron chi connectivity index (χ0n) is 14.5. The molecule has 2 aliphatic rings. The van der Waals surface area contributed by atoms with Crippen molar-refractivity contribution in [3.8, 4) is 0 Å². The van der Waals surface area contributed by atoms with E-state index < -0.39 is 10.8 Å². The third-order valence-electron chi connectivity index (χ3n) is 4.42. The van der Waals surface area contributed by atoms with E-state index >= 15 is 0 Å². The topological polar surface area (TPSA) is 56.7 Å². The molecule has 2 rings (SSSR count). The highest BCUT2D eigenvalue weighted by Crippen LogP contribution is 2.29. The van der Waals surface area contributed by atoms with Gasteiger partial charge >= 0.3 is 0 Å². The fourth-order valence-electron chi connectivity index (χ4n) is 2.80. The van der Waals surface area contributed by atoms with Crippen molar-refractivity contribution in [1.82, 2.24) is 15.5 Å². The lowest BCUT2D eigenvalue weighted by atomic mass is 10.1. The maximum Gasteiger partial charge on any atom is 0.191 e. The molecule has 0 amide bonds. The third kappa shape index (κ3) is 5.54. The van der Waals surface area contributed by atoms with Gasteiger partial charge in [0.2, 0.25) is 0 Å². The first kappa shape index (κ1) is 17.7. The second-order valence-electron chi connectivity index (χ2n) is 7.35. The number of nitrogens with one attached hydrogen (secondary N) is 2. The fourth-order valence-corrected chi connectivity index (χ4v) is 3.70. The largest absolute Gasteiger partial charge is 0.355 e. The summed E-state index contributed by atoms with van der Waals surface area (Å²) in [6.07, 6.45) is 5.16. The van der Waals surface area contributed by atoms with E-state index in [0.29, 0.717) is 18.3 Å². The van der Waals surface area contributed by atoms with E-state index in [9.17, 15) is 4.21 Å². The molecule has 6 heteroatoms. The number of rotatable bonds is 5. The van der Waals surface area contributed by atoms with Gasteiger partial charge < -0.3 is 15.5 Å². The van der Waals surface area contributed by atoms with Gasteiger partial charge in [0.15, 0.2) is 5.96 Å². The summed E-state index contributed by atoms with van der Waals surface area (Å²) in [5.41, 5.74) is 0. The molecule has 1 aliphatic heterocycles. The van der Waals surface area contributed by atoms with Crippen LogP contribution in [-0.2, 0) is 10.8 Å². The van der Waals surface area contributed by atoms with Crippen molar-refractivity contribution in [3.05, 3.63) is 0 Å². The van der Waals surface area contributed by atoms with Gasteiger partial charge in [-0.3, -0.25) is 9.20 Å². The van der Waals surface area contributed by atoms with Gasteiger partial charge in [0.1, 0.15) is 0 Å². The summed E-state index contributed by atoms with van der Waals surface area (Å²) in [4.78, 5) is 6.92. The SMILES string of the molecule is CN=C(NCCS(=O)C(C)(C)C)NC1CCN(C2CC2)CC1. The van der Waals surface area contributed by atoms with Gasteiger partial charge in [-0.05, 0) is 46.5 Å². The zero-order chi connectivity index (χ0) is 16.2. The van der Waals surface area contributed by atoms with Gasteiger partial charge in [0.05, 0.1) is 0 Å². The first-order valence-corrected chi connectivity index (χ1v) is 9.82. The average molecular weight is 329 g/mol. The molecule has 128 valence electrons. The van der Waals surface area contributed by atoms with E-state index in [1.54, 1.807) is 7.05 Å². The molecular formula is C16H32N4OS. The van der Waals surface area contributed by atoms with E-state index in [1.165, 1.54) is 38.8 Å². The second kappa shape index (κ2) is 7.77. The van der Waals surface area contributed by atoms with Crippen LogP contribution in [0, 0.1) is 0 Å². The van der Waals surface area contributed by atoms with Crippen molar-refractivity contribution in [2.75, 3.05) is 32.4 Å². The molecule has 2 N–H and O–H groups in total. The molecule has 0 bridgehead atoms. The van der Waals surface area contributed by atoms with E-state index in [0.717, 1.165) is 12.0 Å². The molecule has 0 aromatic heterocycles. The first-order valence-electron chi connectivity index (χ1n) is 8.50. The molecule has 5 nitrogen and oxygen atoms in total. The Morgan fingerprint density at radius 3 is 2.36 bits per heavy atom. The molecule has 1 aliphatic carbocycles. The van der Waals surface area contributed by atoms with E-state index in [2.05, 4.69) is 20.5 Å². The van der Waals surface area contributed by atoms with Crippen LogP contribution < -0.4 is 10.6 Å². The van der Waals surface area contributed by atoms with E-state index in [4.69, 9.17) is 0 Å². The first-order chi connectivity index (χ1) is 10.4. The quantitative estimate of drug-likeness (QED) is 0.590. The van der Waals surface area contributed by atoms with Crippen LogP contribution in [-0.4, -0.2) is 64.3 Å². The van der Waals surface area contributed by atoms with Crippen LogP contribution in [0.2, 0.25) is 0 Å². The Balaban J connectivity index is 1.66. The highest BCUT2D eigenvalue weighted by atomic mass is 32.2. The molecule has 1 atom stereocenters. The summed E-state index contributed by atoms with van der Waals surface area (Å²) in [6, 6.07) is 1.39. The minimum Gasteiger partial charge on any atom is -0.355 e. The zero-order valence-corrected chi connectivity index (χ0v) is 15.3. The standard InChI is InChI=1S/C16H32N4OS/c1-16(2,3)22(21)12-9-18-15(17-4)19-13-7-10-20(11-8-13)14-5-6-14/h13-14H,5-12H2,1-4H3,(H2,17,18,19). The number of piperidine rings is 1. The van der Waals surface area contributed by atoms with Crippen LogP contribution in [0.3, 0.4) is 0 Å². The lowest BCUT2D eigenvalue weighted by Crippen LogP contribution is -2.49. The molecule has 0 spiro atoms. The molecule has 0 aromatic rings. The highest BCUT2D eigenvalue weighted by molar-refractivity contribution is 7.86. The molecule has 1 saturated heterocycles. The summed E-state index contributed by atoms with van der Waals surface area (Å²) < 4.78 is 11.9. The molecule has 0 aromatic carbocycles. The minimum absolute atomic E-state index is 0.145. The van der Waals surface area contributed by atoms with Crippen molar-refractivity contribution in [2.24, 2.45) is 4.99 Å². The maximum atomic E-state index is 12.0. The van der Waals surface area contributed by atoms with E-state index in [-0.39, 0.29) is 4.75 Å². The number of hydrogen-bond acceptors (Lipinski definition) is 3. The number of hydrogen-bond donors (Lipinski definition) is 2. The summed E-state index contributed by atoms with van der Waals surface area (Å²) in [7, 11) is 0.983. The van der Waals surface area contributed by atoms with Crippen LogP contribution in [0.25, 0.3) is 0 Å². The van der Waals surface area contributed by atoms with E-state index in [1.807, 2.05) is 20.8 Å². The second-order valence-corrected chi connectivity index (χ2v) is 9.67. The fraction of sp³-hybridized carbons (Fsp3) is 0.938. The van der Waals surface area contributed by atoms with Gasteiger partial charge in [-0.1, -0.05) is 0 Å². The van der Waals surface area contributed by atoms with Gasteiger partial charge in [-0.2, -0.15) is 0 Å². The Kier molecular flexibility index (Phi) is 6.26. The van der Waals surface area contributed by atoms with Gasteiger partial charge in [-0.25, -0.2) is 0 Å². The summed E-state index contributed by atoms with van der Waals surface area (Å²) in [5, 5.41) is 6.81. The van der Waals surface area contributed by atoms with Crippen molar-refractivity contribution >= 4 is 16.8 Å². The molecule has 1 unspecified atom stereocenters. The van der Waals surface area contributed by atoms with Gasteiger partial charge in [0.25, 0.3) is 0 Å². The van der Waals surface area contributed by atoms with Crippen molar-refractivity contribution in [3.63, 3.8) is 0 Å². The number of aliphatic imine (C=N–C) groups is 1.